The first-order valence-electron chi connectivity index (χ1n) is 17.1. The minimum Gasteiger partial charge on any atom is -0.457 e. The first kappa shape index (κ1) is 35.8. The number of piperazine rings is 1. The van der Waals surface area contributed by atoms with E-state index >= 15 is 0 Å². The van der Waals surface area contributed by atoms with Crippen LogP contribution in [0.2, 0.25) is 0 Å². The molecule has 3 aliphatic rings. The van der Waals surface area contributed by atoms with E-state index in [0.717, 1.165) is 18.7 Å². The van der Waals surface area contributed by atoms with Crippen molar-refractivity contribution in [2.75, 3.05) is 26.2 Å². The predicted molar refractivity (Wildman–Crippen MR) is 177 cm³/mol. The number of allylic oxidation sites excluding steroid dienone is 3. The number of esters is 1. The summed E-state index contributed by atoms with van der Waals surface area (Å²) in [5, 5.41) is 22.1. The van der Waals surface area contributed by atoms with Gasteiger partial charge in [-0.3, -0.25) is 9.69 Å². The molecule has 4 rings (SSSR count). The van der Waals surface area contributed by atoms with E-state index in [1.165, 1.54) is 38.5 Å². The molecule has 2 fully saturated rings. The molecule has 0 aromatic carbocycles. The monoisotopic (exact) mass is 638 g/mol. The van der Waals surface area contributed by atoms with Gasteiger partial charge in [0.25, 0.3) is 0 Å². The number of carbonyl (C=O) groups is 2. The molecule has 1 amide bonds. The molecule has 6 atom stereocenters. The maximum Gasteiger partial charge on any atom is 0.410 e. The molecular weight excluding hydrogens is 584 g/mol. The summed E-state index contributed by atoms with van der Waals surface area (Å²) in [6, 6.07) is 2.37. The van der Waals surface area contributed by atoms with Crippen molar-refractivity contribution in [3.05, 3.63) is 60.2 Å². The van der Waals surface area contributed by atoms with Crippen molar-refractivity contribution < 1.29 is 29.3 Å². The van der Waals surface area contributed by atoms with Gasteiger partial charge in [0, 0.05) is 56.5 Å². The number of aliphatic hydroxyl groups excluding tert-OH is 1. The number of amides is 1. The summed E-state index contributed by atoms with van der Waals surface area (Å²) in [4.78, 5) is 39.1. The van der Waals surface area contributed by atoms with E-state index < -0.39 is 36.0 Å². The molecule has 0 unspecified atom stereocenters. The summed E-state index contributed by atoms with van der Waals surface area (Å²) >= 11 is 0. The zero-order chi connectivity index (χ0) is 33.1. The summed E-state index contributed by atoms with van der Waals surface area (Å²) in [5.74, 6) is -0.109. The molecule has 1 aliphatic carbocycles. The quantitative estimate of drug-likeness (QED) is 0.184. The lowest BCUT2D eigenvalue weighted by atomic mass is 9.88. The highest BCUT2D eigenvalue weighted by Gasteiger charge is 2.37. The zero-order valence-corrected chi connectivity index (χ0v) is 28.1. The normalized spacial score (nSPS) is 31.3. The smallest absolute Gasteiger partial charge is 0.410 e. The topological polar surface area (TPSA) is 125 Å². The Morgan fingerprint density at radius 2 is 1.76 bits per heavy atom. The van der Waals surface area contributed by atoms with Crippen LogP contribution in [0.25, 0.3) is 0 Å². The Kier molecular flexibility index (Phi) is 13.4. The van der Waals surface area contributed by atoms with Gasteiger partial charge in [0.1, 0.15) is 17.5 Å². The van der Waals surface area contributed by atoms with E-state index in [1.807, 2.05) is 45.1 Å². The molecule has 3 heterocycles. The van der Waals surface area contributed by atoms with Crippen molar-refractivity contribution in [1.29, 1.82) is 0 Å². The van der Waals surface area contributed by atoms with Crippen molar-refractivity contribution >= 4 is 12.1 Å². The summed E-state index contributed by atoms with van der Waals surface area (Å²) in [7, 11) is 0. The number of carbonyl (C=O) groups excluding carboxylic acids is 2. The molecule has 1 saturated carbocycles. The number of rotatable bonds is 6. The lowest BCUT2D eigenvalue weighted by molar-refractivity contribution is -0.151. The minimum absolute atomic E-state index is 0.00552. The van der Waals surface area contributed by atoms with Crippen LogP contribution >= 0.6 is 0 Å². The molecule has 0 bridgehead atoms. The van der Waals surface area contributed by atoms with E-state index in [-0.39, 0.29) is 31.1 Å². The van der Waals surface area contributed by atoms with Gasteiger partial charge in [-0.2, -0.15) is 0 Å². The fraction of sp³-hybridized carbons (Fsp3) is 0.667. The minimum atomic E-state index is -1.45. The second kappa shape index (κ2) is 17.2. The summed E-state index contributed by atoms with van der Waals surface area (Å²) < 4.78 is 11.9. The first-order valence-corrected chi connectivity index (χ1v) is 17.1. The van der Waals surface area contributed by atoms with Gasteiger partial charge in [0.2, 0.25) is 0 Å². The van der Waals surface area contributed by atoms with Gasteiger partial charge in [-0.15, -0.1) is 0 Å². The Hall–Kier alpha value is -3.08. The summed E-state index contributed by atoms with van der Waals surface area (Å²) in [6.45, 7) is 10.3. The van der Waals surface area contributed by atoms with Crippen LogP contribution in [-0.4, -0.2) is 98.2 Å². The van der Waals surface area contributed by atoms with Gasteiger partial charge in [-0.05, 0) is 57.2 Å². The molecule has 254 valence electrons. The van der Waals surface area contributed by atoms with Crippen LogP contribution in [0.1, 0.15) is 97.2 Å². The van der Waals surface area contributed by atoms with Crippen molar-refractivity contribution in [3.63, 3.8) is 0 Å². The highest BCUT2D eigenvalue weighted by Crippen LogP contribution is 2.28. The largest absolute Gasteiger partial charge is 0.457 e. The van der Waals surface area contributed by atoms with Crippen LogP contribution in [0.15, 0.2) is 54.4 Å². The lowest BCUT2D eigenvalue weighted by Gasteiger charge is -2.40. The SMILES string of the molecule is C/C(=C\C=C\[C@H](C)c1ncccn1)[C@H]1OC(=O)C[C@H](O)CC[C@@](C)(O)[C@@H](OC(=O)N2CCN(C3CCCCCC3)CC2)/C=C\[C@@H]1C. The van der Waals surface area contributed by atoms with Gasteiger partial charge >= 0.3 is 12.1 Å². The van der Waals surface area contributed by atoms with E-state index in [0.29, 0.717) is 25.0 Å². The van der Waals surface area contributed by atoms with E-state index in [9.17, 15) is 19.8 Å². The number of nitrogens with zero attached hydrogens (tertiary/aromatic N) is 4. The molecule has 10 nitrogen and oxygen atoms in total. The molecule has 46 heavy (non-hydrogen) atoms. The molecule has 2 aliphatic heterocycles. The molecule has 1 saturated heterocycles. The fourth-order valence-corrected chi connectivity index (χ4v) is 6.63. The number of hydrogen-bond donors (Lipinski definition) is 2. The van der Waals surface area contributed by atoms with Crippen molar-refractivity contribution in [1.82, 2.24) is 19.8 Å². The van der Waals surface area contributed by atoms with Crippen LogP contribution in [0, 0.1) is 5.92 Å². The number of aromatic nitrogens is 2. The van der Waals surface area contributed by atoms with E-state index in [4.69, 9.17) is 9.47 Å². The fourth-order valence-electron chi connectivity index (χ4n) is 6.63. The second-order valence-corrected chi connectivity index (χ2v) is 13.6. The number of ether oxygens (including phenoxy) is 2. The van der Waals surface area contributed by atoms with Crippen molar-refractivity contribution in [2.24, 2.45) is 5.92 Å². The molecule has 2 N–H and O–H groups in total. The van der Waals surface area contributed by atoms with Gasteiger partial charge in [0.15, 0.2) is 6.10 Å². The molecule has 0 radical (unpaired) electrons. The number of aliphatic hydroxyl groups is 2. The standard InChI is InChI=1S/C36H54N4O6/c1-26(11-9-12-28(3)34-37-19-10-20-38-34)33-27(2)15-16-31(36(4,44)18-17-30(41)25-32(42)46-33)45-35(43)40-23-21-39(22-24-40)29-13-7-5-6-8-14-29/h9-12,15-16,19-20,27-31,33,41,44H,5-8,13-14,17-18,21-25H2,1-4H3/b12-9+,16-15-,26-11+/t27-,28-,30+,31-,33+,36+/m0/s1. The predicted octanol–water partition coefficient (Wildman–Crippen LogP) is 5.33. The summed E-state index contributed by atoms with van der Waals surface area (Å²) in [5.41, 5.74) is -0.641. The molecule has 1 aromatic rings. The van der Waals surface area contributed by atoms with Crippen LogP contribution in [0.3, 0.4) is 0 Å². The number of cyclic esters (lactones) is 1. The van der Waals surface area contributed by atoms with Crippen LogP contribution < -0.4 is 0 Å². The third-order valence-electron chi connectivity index (χ3n) is 9.67. The maximum absolute atomic E-state index is 13.4. The van der Waals surface area contributed by atoms with E-state index in [2.05, 4.69) is 14.9 Å². The third-order valence-corrected chi connectivity index (χ3v) is 9.67. The van der Waals surface area contributed by atoms with Crippen LogP contribution in [0.5, 0.6) is 0 Å². The highest BCUT2D eigenvalue weighted by atomic mass is 16.6. The summed E-state index contributed by atoms with van der Waals surface area (Å²) in [6.07, 6.45) is 17.5. The van der Waals surface area contributed by atoms with Crippen LogP contribution in [-0.2, 0) is 14.3 Å². The lowest BCUT2D eigenvalue weighted by Crippen LogP contribution is -2.53. The van der Waals surface area contributed by atoms with Gasteiger partial charge in [-0.25, -0.2) is 14.8 Å². The third kappa shape index (κ3) is 10.5. The first-order chi connectivity index (χ1) is 22.0. The Labute approximate surface area is 274 Å². The van der Waals surface area contributed by atoms with Crippen LogP contribution in [0.4, 0.5) is 4.79 Å². The van der Waals surface area contributed by atoms with Gasteiger partial charge < -0.3 is 24.6 Å². The highest BCUT2D eigenvalue weighted by molar-refractivity contribution is 5.70. The Bertz CT molecular complexity index is 1200. The van der Waals surface area contributed by atoms with E-state index in [1.54, 1.807) is 36.4 Å². The average molecular weight is 639 g/mol. The molecule has 10 heteroatoms. The Balaban J connectivity index is 1.45. The maximum atomic E-state index is 13.4. The molecule has 0 spiro atoms. The number of hydrogen-bond acceptors (Lipinski definition) is 9. The average Bonchev–Trinajstić information content (AvgIpc) is 3.34. The molecule has 1 aromatic heterocycles. The zero-order valence-electron chi connectivity index (χ0n) is 28.1. The Morgan fingerprint density at radius 3 is 2.43 bits per heavy atom. The Morgan fingerprint density at radius 1 is 1.09 bits per heavy atom. The van der Waals surface area contributed by atoms with Crippen molar-refractivity contribution in [2.45, 2.75) is 121 Å². The molecular formula is C36H54N4O6. The van der Waals surface area contributed by atoms with Gasteiger partial charge in [0.05, 0.1) is 12.5 Å². The van der Waals surface area contributed by atoms with Gasteiger partial charge in [-0.1, -0.05) is 63.8 Å². The van der Waals surface area contributed by atoms with Crippen molar-refractivity contribution in [3.8, 4) is 0 Å². The second-order valence-electron chi connectivity index (χ2n) is 13.6.